The minimum atomic E-state index is -0.0748. The molecule has 3 aliphatic rings. The number of aromatic nitrogens is 9. The molecule has 0 bridgehead atoms. The van der Waals surface area contributed by atoms with Gasteiger partial charge in [0.15, 0.2) is 15.4 Å². The molecule has 0 aliphatic carbocycles. The van der Waals surface area contributed by atoms with Crippen molar-refractivity contribution in [1.82, 2.24) is 58.3 Å². The van der Waals surface area contributed by atoms with Gasteiger partial charge in [-0.2, -0.15) is 0 Å². The summed E-state index contributed by atoms with van der Waals surface area (Å²) in [6.45, 7) is 13.7. The Morgan fingerprint density at radius 1 is 0.474 bits per heavy atom. The van der Waals surface area contributed by atoms with Gasteiger partial charge in [0.05, 0.1) is 16.6 Å². The normalized spacial score (nSPS) is 18.3. The van der Waals surface area contributed by atoms with Gasteiger partial charge in [-0.1, -0.05) is 0 Å². The lowest BCUT2D eigenvalue weighted by Gasteiger charge is -2.32. The van der Waals surface area contributed by atoms with Crippen molar-refractivity contribution in [3.05, 3.63) is 124 Å². The molecule has 0 saturated carbocycles. The number of amides is 3. The van der Waals surface area contributed by atoms with Crippen molar-refractivity contribution in [2.45, 2.75) is 96.7 Å². The van der Waals surface area contributed by atoms with Crippen molar-refractivity contribution in [1.29, 1.82) is 0 Å². The lowest BCUT2D eigenvalue weighted by Crippen LogP contribution is -2.34. The third-order valence-corrected chi connectivity index (χ3v) is 17.8. The molecule has 3 amide bonds. The molecule has 9 aromatic rings. The molecule has 0 radical (unpaired) electrons. The number of pyridine rings is 3. The maximum Gasteiger partial charge on any atom is 0.223 e. The first-order valence-corrected chi connectivity index (χ1v) is 29.3. The van der Waals surface area contributed by atoms with Gasteiger partial charge >= 0.3 is 0 Å². The Labute approximate surface area is 467 Å². The first-order valence-electron chi connectivity index (χ1n) is 26.8. The second kappa shape index (κ2) is 24.9. The fraction of sp³-hybridized carbons (Fsp3) is 0.421. The molecule has 12 heterocycles. The number of fused-ring (bicyclic) bond motifs is 3. The second-order valence-corrected chi connectivity index (χ2v) is 24.2. The SMILES string of the molecule is CC(=O)Nc1ncc(CN2CCCC(c3cc4cnccc4n3C)C2)s1.CC(=O)Nc1ncc(CN2CCCC(c3cc4cnccc4n3C)C2)s1.CC(=O)Nc1ncc(CN2CCCC(c3cc4cnccc4n3C)C2)s1. The van der Waals surface area contributed by atoms with Crippen LogP contribution in [0.3, 0.4) is 0 Å². The zero-order valence-electron chi connectivity index (χ0n) is 45.3. The number of hydrogen-bond donors (Lipinski definition) is 3. The van der Waals surface area contributed by atoms with Gasteiger partial charge in [-0.05, 0) is 94.6 Å². The van der Waals surface area contributed by atoms with Gasteiger partial charge in [-0.25, -0.2) is 15.0 Å². The van der Waals surface area contributed by atoms with Crippen LogP contribution in [0.4, 0.5) is 15.4 Å². The molecule has 0 spiro atoms. The van der Waals surface area contributed by atoms with Gasteiger partial charge in [0.1, 0.15) is 0 Å². The summed E-state index contributed by atoms with van der Waals surface area (Å²) in [5.74, 6) is 1.37. The van der Waals surface area contributed by atoms with E-state index in [2.05, 4.69) is 132 Å². The van der Waals surface area contributed by atoms with Crippen molar-refractivity contribution < 1.29 is 14.4 Å². The van der Waals surface area contributed by atoms with Crippen LogP contribution in [0, 0.1) is 0 Å². The highest BCUT2D eigenvalue weighted by Crippen LogP contribution is 2.35. The molecule has 3 unspecified atom stereocenters. The van der Waals surface area contributed by atoms with Gasteiger partial charge in [0.25, 0.3) is 0 Å². The minimum Gasteiger partial charge on any atom is -0.347 e. The van der Waals surface area contributed by atoms with Crippen LogP contribution in [0.5, 0.6) is 0 Å². The van der Waals surface area contributed by atoms with E-state index in [1.165, 1.54) is 124 Å². The quantitative estimate of drug-likeness (QED) is 0.105. The number of nitrogens with zero attached hydrogens (tertiary/aromatic N) is 12. The molecule has 9 aromatic heterocycles. The van der Waals surface area contributed by atoms with Gasteiger partial charge in [-0.3, -0.25) is 44.0 Å². The number of carbonyl (C=O) groups excluding carboxylic acids is 3. The molecule has 12 rings (SSSR count). The summed E-state index contributed by atoms with van der Waals surface area (Å²) < 4.78 is 6.94. The largest absolute Gasteiger partial charge is 0.347 e. The Balaban J connectivity index is 0.000000132. The number of piperidine rings is 3. The number of nitrogens with one attached hydrogen (secondary N) is 3. The lowest BCUT2D eigenvalue weighted by atomic mass is 9.94. The zero-order valence-corrected chi connectivity index (χ0v) is 47.8. The Hall–Kier alpha value is -6.75. The standard InChI is InChI=1S/3C19H23N5OS/c3*1-13(25)22-19-21-10-16(26-19)12-24-7-3-4-14(11-24)18-8-15-9-20-6-5-17(15)23(18)2/h3*5-6,8-10,14H,3-4,7,11-12H2,1-2H3,(H,21,22,25). The van der Waals surface area contributed by atoms with Gasteiger partial charge in [0, 0.05) is 203 Å². The molecule has 78 heavy (non-hydrogen) atoms. The highest BCUT2D eigenvalue weighted by atomic mass is 32.1. The first kappa shape index (κ1) is 54.6. The van der Waals surface area contributed by atoms with Crippen molar-refractivity contribution in [2.75, 3.05) is 55.2 Å². The van der Waals surface area contributed by atoms with Crippen LogP contribution in [0.2, 0.25) is 0 Å². The van der Waals surface area contributed by atoms with Crippen LogP contribution in [-0.4, -0.2) is 115 Å². The molecule has 21 heteroatoms. The van der Waals surface area contributed by atoms with Crippen molar-refractivity contribution in [3.8, 4) is 0 Å². The van der Waals surface area contributed by atoms with Crippen molar-refractivity contribution in [2.24, 2.45) is 21.1 Å². The molecule has 3 aliphatic heterocycles. The lowest BCUT2D eigenvalue weighted by molar-refractivity contribution is -0.115. The third-order valence-electron chi connectivity index (χ3n) is 15.1. The second-order valence-electron chi connectivity index (χ2n) is 20.8. The number of likely N-dealkylation sites (tertiary alicyclic amines) is 3. The summed E-state index contributed by atoms with van der Waals surface area (Å²) >= 11 is 4.68. The van der Waals surface area contributed by atoms with Crippen LogP contribution >= 0.6 is 34.0 Å². The zero-order chi connectivity index (χ0) is 54.3. The molecular weight excluding hydrogens is 1040 g/mol. The summed E-state index contributed by atoms with van der Waals surface area (Å²) in [6.07, 6.45) is 24.3. The van der Waals surface area contributed by atoms with E-state index in [0.717, 1.165) is 58.9 Å². The highest BCUT2D eigenvalue weighted by molar-refractivity contribution is 7.16. The van der Waals surface area contributed by atoms with E-state index in [9.17, 15) is 14.4 Å². The first-order chi connectivity index (χ1) is 37.8. The smallest absolute Gasteiger partial charge is 0.223 e. The van der Waals surface area contributed by atoms with E-state index < -0.39 is 0 Å². The maximum absolute atomic E-state index is 11.2. The Morgan fingerprint density at radius 2 is 0.769 bits per heavy atom. The van der Waals surface area contributed by atoms with Crippen LogP contribution in [-0.2, 0) is 55.2 Å². The predicted molar refractivity (Wildman–Crippen MR) is 313 cm³/mol. The van der Waals surface area contributed by atoms with E-state index in [4.69, 9.17) is 0 Å². The van der Waals surface area contributed by atoms with Crippen molar-refractivity contribution >= 4 is 99.8 Å². The molecule has 3 N–H and O–H groups in total. The summed E-state index contributed by atoms with van der Waals surface area (Å²) in [7, 11) is 6.46. The molecule has 3 saturated heterocycles. The van der Waals surface area contributed by atoms with E-state index in [0.29, 0.717) is 33.1 Å². The Bertz CT molecular complexity index is 3160. The van der Waals surface area contributed by atoms with Gasteiger partial charge in [-0.15, -0.1) is 34.0 Å². The van der Waals surface area contributed by atoms with E-state index in [1.54, 1.807) is 34.0 Å². The number of aryl methyl sites for hydroxylation is 3. The highest BCUT2D eigenvalue weighted by Gasteiger charge is 2.28. The maximum atomic E-state index is 11.2. The predicted octanol–water partition coefficient (Wildman–Crippen LogP) is 10.1. The number of hydrogen-bond acceptors (Lipinski definition) is 15. The van der Waals surface area contributed by atoms with Gasteiger partial charge in [0.2, 0.25) is 17.7 Å². The van der Waals surface area contributed by atoms with E-state index in [1.807, 2.05) is 55.8 Å². The Morgan fingerprint density at radius 3 is 1.04 bits per heavy atom. The fourth-order valence-electron chi connectivity index (χ4n) is 11.6. The summed E-state index contributed by atoms with van der Waals surface area (Å²) in [4.78, 5) is 70.1. The molecule has 18 nitrogen and oxygen atoms in total. The summed E-state index contributed by atoms with van der Waals surface area (Å²) in [6, 6.07) is 13.1. The topological polar surface area (TPSA) is 189 Å². The molecule has 3 fully saturated rings. The molecule has 408 valence electrons. The van der Waals surface area contributed by atoms with E-state index in [-0.39, 0.29) is 17.7 Å². The van der Waals surface area contributed by atoms with Crippen LogP contribution < -0.4 is 16.0 Å². The van der Waals surface area contributed by atoms with Crippen LogP contribution in [0.15, 0.2) is 92.2 Å². The number of carbonyl (C=O) groups is 3. The Kier molecular flexibility index (Phi) is 17.4. The molecular formula is C57H69N15O3S3. The third kappa shape index (κ3) is 13.4. The monoisotopic (exact) mass is 1110 g/mol. The fourth-order valence-corrected chi connectivity index (χ4v) is 14.3. The minimum absolute atomic E-state index is 0.0748. The summed E-state index contributed by atoms with van der Waals surface area (Å²) in [5, 5.41) is 14.0. The average Bonchev–Trinajstić information content (AvgIpc) is 4.33. The average molecular weight is 1110 g/mol. The van der Waals surface area contributed by atoms with Crippen LogP contribution in [0.25, 0.3) is 32.7 Å². The van der Waals surface area contributed by atoms with E-state index >= 15 is 0 Å². The van der Waals surface area contributed by atoms with Crippen LogP contribution in [0.1, 0.15) is 109 Å². The molecule has 3 atom stereocenters. The number of thiazole rings is 3. The van der Waals surface area contributed by atoms with Gasteiger partial charge < -0.3 is 29.7 Å². The summed E-state index contributed by atoms with van der Waals surface area (Å²) in [5.41, 5.74) is 7.90. The molecule has 0 aromatic carbocycles. The van der Waals surface area contributed by atoms with Crippen molar-refractivity contribution in [3.63, 3.8) is 0 Å². The number of rotatable bonds is 12. The number of anilines is 3.